The lowest BCUT2D eigenvalue weighted by molar-refractivity contribution is -0.0729. The lowest BCUT2D eigenvalue weighted by Crippen LogP contribution is -2.59. The van der Waals surface area contributed by atoms with Crippen LogP contribution in [-0.4, -0.2) is 21.8 Å². The van der Waals surface area contributed by atoms with E-state index in [1.165, 1.54) is 0 Å². The Bertz CT molecular complexity index is 456. The van der Waals surface area contributed by atoms with E-state index in [-0.39, 0.29) is 11.5 Å². The Labute approximate surface area is 102 Å². The first-order valence-corrected chi connectivity index (χ1v) is 5.92. The van der Waals surface area contributed by atoms with Crippen LogP contribution in [0.2, 0.25) is 0 Å². The highest BCUT2D eigenvalue weighted by molar-refractivity contribution is 5.28. The summed E-state index contributed by atoms with van der Waals surface area (Å²) < 4.78 is 1.83. The normalized spacial score (nSPS) is 26.3. The zero-order valence-electron chi connectivity index (χ0n) is 10.6. The van der Waals surface area contributed by atoms with Crippen molar-refractivity contribution >= 4 is 0 Å². The van der Waals surface area contributed by atoms with Crippen LogP contribution in [0.1, 0.15) is 31.5 Å². The smallest absolute Gasteiger partial charge is 0.120 e. The quantitative estimate of drug-likeness (QED) is 0.823. The first-order chi connectivity index (χ1) is 7.95. The van der Waals surface area contributed by atoms with Crippen molar-refractivity contribution in [3.05, 3.63) is 23.5 Å². The first kappa shape index (κ1) is 12.2. The fourth-order valence-corrected chi connectivity index (χ4v) is 2.33. The maximum atomic E-state index is 9.64. The number of aliphatic hydroxyl groups excluding tert-OH is 1. The molecule has 1 fully saturated rings. The molecule has 1 saturated carbocycles. The summed E-state index contributed by atoms with van der Waals surface area (Å²) in [6.45, 7) is 4.89. The highest BCUT2D eigenvalue weighted by atomic mass is 16.3. The fraction of sp³-hybridized carbons (Fsp3) is 0.615. The molecule has 0 spiro atoms. The van der Waals surface area contributed by atoms with Gasteiger partial charge in [-0.05, 0) is 18.1 Å². The van der Waals surface area contributed by atoms with Crippen LogP contribution in [0.3, 0.4) is 0 Å². The van der Waals surface area contributed by atoms with Crippen LogP contribution in [0.4, 0.5) is 0 Å². The van der Waals surface area contributed by atoms with Gasteiger partial charge in [-0.2, -0.15) is 5.26 Å². The van der Waals surface area contributed by atoms with Gasteiger partial charge in [0.2, 0.25) is 0 Å². The number of aliphatic hydroxyl groups is 1. The van der Waals surface area contributed by atoms with Crippen molar-refractivity contribution < 1.29 is 5.11 Å². The largest absolute Gasteiger partial charge is 0.392 e. The van der Waals surface area contributed by atoms with E-state index in [2.05, 4.69) is 25.2 Å². The van der Waals surface area contributed by atoms with E-state index in [0.29, 0.717) is 11.7 Å². The third-order valence-electron chi connectivity index (χ3n) is 3.94. The van der Waals surface area contributed by atoms with Gasteiger partial charge in [-0.3, -0.25) is 0 Å². The molecule has 2 unspecified atom stereocenters. The van der Waals surface area contributed by atoms with Gasteiger partial charge >= 0.3 is 0 Å². The highest BCUT2D eigenvalue weighted by Crippen LogP contribution is 2.40. The predicted molar refractivity (Wildman–Crippen MR) is 65.2 cm³/mol. The van der Waals surface area contributed by atoms with E-state index in [9.17, 15) is 5.11 Å². The third-order valence-corrected chi connectivity index (χ3v) is 3.94. The first-order valence-electron chi connectivity index (χ1n) is 5.92. The van der Waals surface area contributed by atoms with Crippen molar-refractivity contribution in [2.24, 2.45) is 12.5 Å². The maximum absolute atomic E-state index is 9.64. The average Bonchev–Trinajstić information content (AvgIpc) is 2.64. The lowest BCUT2D eigenvalue weighted by Gasteiger charge is -2.49. The zero-order chi connectivity index (χ0) is 12.6. The van der Waals surface area contributed by atoms with Gasteiger partial charge < -0.3 is 15.0 Å². The van der Waals surface area contributed by atoms with E-state index in [1.54, 1.807) is 0 Å². The second-order valence-corrected chi connectivity index (χ2v) is 5.46. The lowest BCUT2D eigenvalue weighted by atomic mass is 9.64. The summed E-state index contributed by atoms with van der Waals surface area (Å²) in [5.74, 6) is 0. The molecular weight excluding hydrogens is 214 g/mol. The molecule has 17 heavy (non-hydrogen) atoms. The van der Waals surface area contributed by atoms with Gasteiger partial charge in [-0.1, -0.05) is 13.8 Å². The van der Waals surface area contributed by atoms with E-state index >= 15 is 0 Å². The van der Waals surface area contributed by atoms with Gasteiger partial charge in [-0.25, -0.2) is 0 Å². The Hall–Kier alpha value is -1.31. The Balaban J connectivity index is 1.93. The van der Waals surface area contributed by atoms with Gasteiger partial charge in [0.25, 0.3) is 0 Å². The Kier molecular flexibility index (Phi) is 2.98. The standard InChI is InChI=1S/C13H19N3O/c1-13(2)11(5-12(13)17)15-7-9-4-10(6-14)16(3)8-9/h4,8,11-12,15,17H,5,7H2,1-3H3. The maximum Gasteiger partial charge on any atom is 0.120 e. The monoisotopic (exact) mass is 233 g/mol. The SMILES string of the molecule is Cn1cc(CNC2CC(O)C2(C)C)cc1C#N. The van der Waals surface area contributed by atoms with Gasteiger partial charge in [0.1, 0.15) is 11.8 Å². The van der Waals surface area contributed by atoms with Crippen LogP contribution in [0.15, 0.2) is 12.3 Å². The van der Waals surface area contributed by atoms with E-state index in [4.69, 9.17) is 5.26 Å². The summed E-state index contributed by atoms with van der Waals surface area (Å²) in [5.41, 5.74) is 1.74. The number of aryl methyl sites for hydroxylation is 1. The molecule has 4 heteroatoms. The van der Waals surface area contributed by atoms with Crippen molar-refractivity contribution in [3.8, 4) is 6.07 Å². The average molecular weight is 233 g/mol. The summed E-state index contributed by atoms with van der Waals surface area (Å²) in [7, 11) is 1.87. The Morgan fingerprint density at radius 3 is 2.82 bits per heavy atom. The van der Waals surface area contributed by atoms with Crippen molar-refractivity contribution in [3.63, 3.8) is 0 Å². The molecule has 4 nitrogen and oxygen atoms in total. The number of hydrogen-bond donors (Lipinski definition) is 2. The van der Waals surface area contributed by atoms with Crippen molar-refractivity contribution in [1.82, 2.24) is 9.88 Å². The number of hydrogen-bond acceptors (Lipinski definition) is 3. The second-order valence-electron chi connectivity index (χ2n) is 5.46. The molecule has 2 rings (SSSR count). The molecule has 1 heterocycles. The summed E-state index contributed by atoms with van der Waals surface area (Å²) in [5, 5.41) is 21.9. The molecule has 0 aromatic carbocycles. The van der Waals surface area contributed by atoms with Gasteiger partial charge in [-0.15, -0.1) is 0 Å². The van der Waals surface area contributed by atoms with Gasteiger partial charge in [0.15, 0.2) is 0 Å². The van der Waals surface area contributed by atoms with E-state index < -0.39 is 0 Å². The number of nitriles is 1. The molecule has 0 aliphatic heterocycles. The van der Waals surface area contributed by atoms with Crippen LogP contribution in [-0.2, 0) is 13.6 Å². The molecular formula is C13H19N3O. The van der Waals surface area contributed by atoms with Crippen LogP contribution in [0.5, 0.6) is 0 Å². The third kappa shape index (κ3) is 2.08. The molecule has 2 atom stereocenters. The number of nitrogens with one attached hydrogen (secondary N) is 1. The van der Waals surface area contributed by atoms with E-state index in [1.807, 2.05) is 23.9 Å². The Morgan fingerprint density at radius 2 is 2.35 bits per heavy atom. The second kappa shape index (κ2) is 4.17. The minimum atomic E-state index is -0.203. The van der Waals surface area contributed by atoms with Crippen molar-refractivity contribution in [1.29, 1.82) is 5.26 Å². The number of rotatable bonds is 3. The molecule has 2 N–H and O–H groups in total. The van der Waals surface area contributed by atoms with Crippen LogP contribution in [0, 0.1) is 16.7 Å². The molecule has 92 valence electrons. The molecule has 1 aromatic rings. The molecule has 0 bridgehead atoms. The zero-order valence-corrected chi connectivity index (χ0v) is 10.6. The molecule has 1 aliphatic rings. The van der Waals surface area contributed by atoms with Gasteiger partial charge in [0.05, 0.1) is 6.10 Å². The minimum absolute atomic E-state index is 0.0488. The molecule has 0 amide bonds. The fourth-order valence-electron chi connectivity index (χ4n) is 2.33. The van der Waals surface area contributed by atoms with Crippen LogP contribution >= 0.6 is 0 Å². The molecule has 1 aromatic heterocycles. The molecule has 0 radical (unpaired) electrons. The highest BCUT2D eigenvalue weighted by Gasteiger charge is 2.46. The number of aromatic nitrogens is 1. The topological polar surface area (TPSA) is 61.0 Å². The van der Waals surface area contributed by atoms with Crippen molar-refractivity contribution in [2.45, 2.75) is 39.0 Å². The molecule has 1 aliphatic carbocycles. The summed E-state index contributed by atoms with van der Waals surface area (Å²) in [6, 6.07) is 4.40. The van der Waals surface area contributed by atoms with Crippen LogP contribution in [0.25, 0.3) is 0 Å². The van der Waals surface area contributed by atoms with Crippen LogP contribution < -0.4 is 5.32 Å². The summed E-state index contributed by atoms with van der Waals surface area (Å²) >= 11 is 0. The van der Waals surface area contributed by atoms with Gasteiger partial charge in [0, 0.05) is 31.2 Å². The Morgan fingerprint density at radius 1 is 1.65 bits per heavy atom. The minimum Gasteiger partial charge on any atom is -0.392 e. The summed E-state index contributed by atoms with van der Waals surface area (Å²) in [4.78, 5) is 0. The van der Waals surface area contributed by atoms with E-state index in [0.717, 1.165) is 18.5 Å². The summed E-state index contributed by atoms with van der Waals surface area (Å²) in [6.07, 6.45) is 2.57. The van der Waals surface area contributed by atoms with Crippen molar-refractivity contribution in [2.75, 3.05) is 0 Å². The molecule has 0 saturated heterocycles. The number of nitrogens with zero attached hydrogens (tertiary/aromatic N) is 2. The predicted octanol–water partition coefficient (Wildman–Crippen LogP) is 1.15.